The molecule has 0 aliphatic rings. The highest BCUT2D eigenvalue weighted by Crippen LogP contribution is 2.16. The van der Waals surface area contributed by atoms with Gasteiger partial charge in [0.2, 0.25) is 0 Å². The number of guanidine groups is 1. The van der Waals surface area contributed by atoms with Crippen molar-refractivity contribution in [3.8, 4) is 5.75 Å². The highest BCUT2D eigenvalue weighted by atomic mass is 35.5. The number of halogens is 1. The second-order valence-corrected chi connectivity index (χ2v) is 6.37. The van der Waals surface area contributed by atoms with Crippen LogP contribution in [0.1, 0.15) is 16.8 Å². The molecular formula is C16H21ClN4OS. The van der Waals surface area contributed by atoms with Gasteiger partial charge in [-0.25, -0.2) is 4.98 Å². The quantitative estimate of drug-likeness (QED) is 0.456. The molecule has 0 saturated carbocycles. The lowest BCUT2D eigenvalue weighted by molar-refractivity contribution is 0.322. The second kappa shape index (κ2) is 9.37. The largest absolute Gasteiger partial charge is 0.492 e. The zero-order chi connectivity index (χ0) is 16.5. The van der Waals surface area contributed by atoms with E-state index in [4.69, 9.17) is 16.3 Å². The van der Waals surface area contributed by atoms with Crippen LogP contribution >= 0.6 is 22.9 Å². The molecule has 0 spiro atoms. The number of nitrogens with zero attached hydrogens (tertiary/aromatic N) is 2. The minimum Gasteiger partial charge on any atom is -0.492 e. The summed E-state index contributed by atoms with van der Waals surface area (Å²) in [5, 5.41) is 8.17. The summed E-state index contributed by atoms with van der Waals surface area (Å²) in [6.07, 6.45) is 2.95. The first-order chi connectivity index (χ1) is 11.2. The molecule has 2 N–H and O–H groups in total. The Labute approximate surface area is 145 Å². The molecule has 0 aliphatic heterocycles. The summed E-state index contributed by atoms with van der Waals surface area (Å²) in [5.74, 6) is 1.49. The molecule has 0 aliphatic carbocycles. The van der Waals surface area contributed by atoms with Crippen molar-refractivity contribution in [2.24, 2.45) is 4.99 Å². The van der Waals surface area contributed by atoms with E-state index in [0.717, 1.165) is 23.1 Å². The summed E-state index contributed by atoms with van der Waals surface area (Å²) in [6, 6.07) is 7.36. The lowest BCUT2D eigenvalue weighted by atomic mass is 10.3. The number of aromatic nitrogens is 1. The van der Waals surface area contributed by atoms with Crippen LogP contribution in [0.2, 0.25) is 5.02 Å². The van der Waals surface area contributed by atoms with Crippen molar-refractivity contribution in [1.82, 2.24) is 15.6 Å². The Kier molecular flexibility index (Phi) is 7.16. The number of benzene rings is 1. The third-order valence-electron chi connectivity index (χ3n) is 3.04. The van der Waals surface area contributed by atoms with E-state index in [-0.39, 0.29) is 0 Å². The van der Waals surface area contributed by atoms with E-state index in [1.54, 1.807) is 24.5 Å². The topological polar surface area (TPSA) is 58.5 Å². The number of aryl methyl sites for hydroxylation is 1. The molecule has 124 valence electrons. The molecule has 1 aromatic heterocycles. The third-order valence-corrected chi connectivity index (χ3v) is 4.42. The van der Waals surface area contributed by atoms with Crippen LogP contribution in [0.4, 0.5) is 0 Å². The minimum atomic E-state index is 0.526. The first-order valence-electron chi connectivity index (χ1n) is 7.47. The maximum Gasteiger partial charge on any atom is 0.191 e. The molecular weight excluding hydrogens is 332 g/mol. The lowest BCUT2D eigenvalue weighted by Gasteiger charge is -2.11. The molecule has 0 atom stereocenters. The molecule has 0 amide bonds. The van der Waals surface area contributed by atoms with Gasteiger partial charge < -0.3 is 15.4 Å². The van der Waals surface area contributed by atoms with E-state index in [2.05, 4.69) is 27.5 Å². The van der Waals surface area contributed by atoms with Crippen LogP contribution in [0, 0.1) is 0 Å². The van der Waals surface area contributed by atoms with Crippen LogP contribution in [0.15, 0.2) is 35.5 Å². The Morgan fingerprint density at radius 2 is 2.26 bits per heavy atom. The van der Waals surface area contributed by atoms with Crippen LogP contribution in [-0.4, -0.2) is 31.1 Å². The van der Waals surface area contributed by atoms with Crippen LogP contribution in [-0.2, 0) is 13.0 Å². The van der Waals surface area contributed by atoms with Gasteiger partial charge in [0, 0.05) is 23.1 Å². The van der Waals surface area contributed by atoms with Crippen LogP contribution in [0.5, 0.6) is 5.75 Å². The molecule has 5 nitrogen and oxygen atoms in total. The minimum absolute atomic E-state index is 0.526. The van der Waals surface area contributed by atoms with E-state index >= 15 is 0 Å². The van der Waals surface area contributed by atoms with Crippen molar-refractivity contribution in [3.05, 3.63) is 45.4 Å². The number of nitrogens with one attached hydrogen (secondary N) is 2. The molecule has 0 fully saturated rings. The van der Waals surface area contributed by atoms with Gasteiger partial charge >= 0.3 is 0 Å². The maximum atomic E-state index is 5.91. The number of aliphatic imine (C=N–C) groups is 1. The van der Waals surface area contributed by atoms with E-state index < -0.39 is 0 Å². The normalized spacial score (nSPS) is 11.3. The number of hydrogen-bond acceptors (Lipinski definition) is 4. The molecule has 1 heterocycles. The molecule has 2 aromatic rings. The maximum absolute atomic E-state index is 5.91. The number of thiazole rings is 1. The average Bonchev–Trinajstić information content (AvgIpc) is 3.02. The fourth-order valence-corrected chi connectivity index (χ4v) is 2.85. The van der Waals surface area contributed by atoms with Crippen molar-refractivity contribution in [1.29, 1.82) is 0 Å². The van der Waals surface area contributed by atoms with Crippen LogP contribution in [0.3, 0.4) is 0 Å². The summed E-state index contributed by atoms with van der Waals surface area (Å²) < 4.78 is 5.62. The predicted octanol–water partition coefficient (Wildman–Crippen LogP) is 3.10. The van der Waals surface area contributed by atoms with E-state index in [0.29, 0.717) is 24.7 Å². The van der Waals surface area contributed by atoms with Gasteiger partial charge in [-0.3, -0.25) is 4.99 Å². The monoisotopic (exact) mass is 352 g/mol. The Morgan fingerprint density at radius 1 is 1.39 bits per heavy atom. The second-order valence-electron chi connectivity index (χ2n) is 4.73. The summed E-state index contributed by atoms with van der Waals surface area (Å²) >= 11 is 7.63. The first-order valence-corrected chi connectivity index (χ1v) is 8.67. The fraction of sp³-hybridized carbons (Fsp3) is 0.375. The van der Waals surface area contributed by atoms with Gasteiger partial charge in [0.1, 0.15) is 17.4 Å². The average molecular weight is 353 g/mol. The van der Waals surface area contributed by atoms with Gasteiger partial charge in [-0.05, 0) is 24.6 Å². The Balaban J connectivity index is 1.68. The van der Waals surface area contributed by atoms with E-state index in [1.807, 2.05) is 24.4 Å². The van der Waals surface area contributed by atoms with Crippen molar-refractivity contribution in [3.63, 3.8) is 0 Å². The lowest BCUT2D eigenvalue weighted by Crippen LogP contribution is -2.38. The summed E-state index contributed by atoms with van der Waals surface area (Å²) in [4.78, 5) is 9.85. The Bertz CT molecular complexity index is 645. The number of rotatable bonds is 7. The molecule has 0 radical (unpaired) electrons. The standard InChI is InChI=1S/C16H21ClN4OS/c1-3-14-10-20-15(23-14)11-21-16(18-2)19-7-8-22-13-6-4-5-12(17)9-13/h4-6,9-10H,3,7-8,11H2,1-2H3,(H2,18,19,21). The molecule has 23 heavy (non-hydrogen) atoms. The van der Waals surface area contributed by atoms with E-state index in [9.17, 15) is 0 Å². The van der Waals surface area contributed by atoms with E-state index in [1.165, 1.54) is 4.88 Å². The zero-order valence-corrected chi connectivity index (χ0v) is 14.9. The molecule has 0 saturated heterocycles. The van der Waals surface area contributed by atoms with Gasteiger partial charge in [0.05, 0.1) is 13.1 Å². The first kappa shape index (κ1) is 17.6. The smallest absolute Gasteiger partial charge is 0.191 e. The van der Waals surface area contributed by atoms with Crippen molar-refractivity contribution < 1.29 is 4.74 Å². The van der Waals surface area contributed by atoms with Gasteiger partial charge in [0.25, 0.3) is 0 Å². The van der Waals surface area contributed by atoms with Gasteiger partial charge in [-0.1, -0.05) is 24.6 Å². The highest BCUT2D eigenvalue weighted by molar-refractivity contribution is 7.11. The van der Waals surface area contributed by atoms with Crippen molar-refractivity contribution in [2.45, 2.75) is 19.9 Å². The highest BCUT2D eigenvalue weighted by Gasteiger charge is 2.02. The molecule has 7 heteroatoms. The number of ether oxygens (including phenoxy) is 1. The summed E-state index contributed by atoms with van der Waals surface area (Å²) in [6.45, 7) is 3.97. The van der Waals surface area contributed by atoms with Crippen molar-refractivity contribution >= 4 is 28.9 Å². The van der Waals surface area contributed by atoms with Gasteiger partial charge in [-0.2, -0.15) is 0 Å². The molecule has 0 unspecified atom stereocenters. The summed E-state index contributed by atoms with van der Waals surface area (Å²) in [7, 11) is 1.74. The van der Waals surface area contributed by atoms with Gasteiger partial charge in [0.15, 0.2) is 5.96 Å². The molecule has 0 bridgehead atoms. The zero-order valence-electron chi connectivity index (χ0n) is 13.3. The van der Waals surface area contributed by atoms with Crippen LogP contribution < -0.4 is 15.4 Å². The Hall–Kier alpha value is -1.79. The summed E-state index contributed by atoms with van der Waals surface area (Å²) in [5.41, 5.74) is 0. The van der Waals surface area contributed by atoms with Crippen LogP contribution in [0.25, 0.3) is 0 Å². The number of hydrogen-bond donors (Lipinski definition) is 2. The molecule has 1 aromatic carbocycles. The molecule has 2 rings (SSSR count). The third kappa shape index (κ3) is 6.08. The van der Waals surface area contributed by atoms with Gasteiger partial charge in [-0.15, -0.1) is 11.3 Å². The fourth-order valence-electron chi connectivity index (χ4n) is 1.87. The SMILES string of the molecule is CCc1cnc(CNC(=NC)NCCOc2cccc(Cl)c2)s1. The Morgan fingerprint density at radius 3 is 2.96 bits per heavy atom. The van der Waals surface area contributed by atoms with Crippen molar-refractivity contribution in [2.75, 3.05) is 20.2 Å². The predicted molar refractivity (Wildman–Crippen MR) is 96.6 cm³/mol.